The average molecular weight is 1460 g/mol. The minimum absolute atomic E-state index is 0.239. The van der Waals surface area contributed by atoms with Crippen LogP contribution in [0.5, 0.6) is 0 Å². The first kappa shape index (κ1) is 94.4. The predicted molar refractivity (Wildman–Crippen MR) is 411 cm³/mol. The Balaban J connectivity index is 1.37. The number of ether oxygens (including phenoxy) is 6. The Labute approximate surface area is 623 Å². The molecule has 0 radical (unpaired) electrons. The van der Waals surface area contributed by atoms with Crippen molar-refractivity contribution >= 4 is 5.91 Å². The molecule has 3 fully saturated rings. The van der Waals surface area contributed by atoms with Crippen LogP contribution in [0.3, 0.4) is 0 Å². The molecular weight excluding hydrogens is 1310 g/mol. The maximum absolute atomic E-state index is 13.5. The molecular formula is C84H151NO18. The van der Waals surface area contributed by atoms with Gasteiger partial charge in [-0.25, -0.2) is 0 Å². The minimum Gasteiger partial charge on any atom is -0.394 e. The third-order valence-corrected chi connectivity index (χ3v) is 20.5. The lowest BCUT2D eigenvalue weighted by Gasteiger charge is -2.48. The normalized spacial score (nSPS) is 26.4. The van der Waals surface area contributed by atoms with E-state index in [1.165, 1.54) is 212 Å². The molecule has 3 heterocycles. The number of aliphatic hydroxyl groups is 11. The van der Waals surface area contributed by atoms with Crippen molar-refractivity contribution in [2.24, 2.45) is 0 Å². The molecule has 17 unspecified atom stereocenters. The molecule has 3 aliphatic heterocycles. The molecule has 3 aliphatic rings. The summed E-state index contributed by atoms with van der Waals surface area (Å²) in [5.41, 5.74) is 0. The van der Waals surface area contributed by atoms with Gasteiger partial charge in [0.25, 0.3) is 0 Å². The number of allylic oxidation sites excluding steroid dienone is 11. The van der Waals surface area contributed by atoms with E-state index in [9.17, 15) is 61.0 Å². The van der Waals surface area contributed by atoms with E-state index in [4.69, 9.17) is 28.4 Å². The smallest absolute Gasteiger partial charge is 0.220 e. The van der Waals surface area contributed by atoms with Crippen LogP contribution in [-0.2, 0) is 33.2 Å². The number of amides is 1. The molecule has 19 heteroatoms. The Morgan fingerprint density at radius 1 is 0.359 bits per heavy atom. The largest absolute Gasteiger partial charge is 0.394 e. The van der Waals surface area contributed by atoms with Gasteiger partial charge in [0.05, 0.1) is 38.6 Å². The van der Waals surface area contributed by atoms with Gasteiger partial charge < -0.3 is 89.9 Å². The second-order valence-corrected chi connectivity index (χ2v) is 29.6. The monoisotopic (exact) mass is 1460 g/mol. The summed E-state index contributed by atoms with van der Waals surface area (Å²) in [6.45, 7) is 1.66. The van der Waals surface area contributed by atoms with Crippen LogP contribution in [0.2, 0.25) is 0 Å². The first-order chi connectivity index (χ1) is 50.3. The van der Waals surface area contributed by atoms with Crippen LogP contribution in [0.4, 0.5) is 0 Å². The molecule has 600 valence electrons. The molecule has 0 saturated carbocycles. The number of unbranched alkanes of at least 4 members (excludes halogenated alkanes) is 40. The Hall–Kier alpha value is -2.77. The van der Waals surface area contributed by atoms with Crippen LogP contribution in [0.25, 0.3) is 0 Å². The molecule has 0 aromatic heterocycles. The van der Waals surface area contributed by atoms with E-state index in [2.05, 4.69) is 79.9 Å². The van der Waals surface area contributed by atoms with Crippen LogP contribution in [-0.4, -0.2) is 193 Å². The highest BCUT2D eigenvalue weighted by molar-refractivity contribution is 5.76. The Morgan fingerprint density at radius 3 is 1.05 bits per heavy atom. The SMILES string of the molecule is CC/C=C\C/C=C\C/C=C\C/C=C\C/C=C\CCCCCCCCCCCCCCCC(=O)NC(COC1OC(CO)C(OC2OC(CO)C(OC3OC(CO)C(O)C(O)C3O)C(O)C2O)C(O)C1O)C(O)/C=C/CCCCCCCCCCCCCCCCCCCCCCCCCCCCC. The van der Waals surface area contributed by atoms with Gasteiger partial charge in [-0.3, -0.25) is 4.79 Å². The van der Waals surface area contributed by atoms with E-state index in [0.29, 0.717) is 6.42 Å². The highest BCUT2D eigenvalue weighted by Crippen LogP contribution is 2.33. The second-order valence-electron chi connectivity index (χ2n) is 29.6. The Bertz CT molecular complexity index is 2140. The van der Waals surface area contributed by atoms with Crippen molar-refractivity contribution in [1.29, 1.82) is 0 Å². The molecule has 1 amide bonds. The van der Waals surface area contributed by atoms with Gasteiger partial charge >= 0.3 is 0 Å². The fourth-order valence-corrected chi connectivity index (χ4v) is 13.9. The quantitative estimate of drug-likeness (QED) is 0.0199. The summed E-state index contributed by atoms with van der Waals surface area (Å²) in [7, 11) is 0. The van der Waals surface area contributed by atoms with Crippen LogP contribution in [0, 0.1) is 0 Å². The first-order valence-electron chi connectivity index (χ1n) is 41.7. The fraction of sp³-hybridized carbons (Fsp3) is 0.845. The number of carbonyl (C=O) groups excluding carboxylic acids is 1. The van der Waals surface area contributed by atoms with Crippen molar-refractivity contribution in [2.75, 3.05) is 26.4 Å². The molecule has 17 atom stereocenters. The van der Waals surface area contributed by atoms with Crippen LogP contribution in [0.1, 0.15) is 322 Å². The molecule has 0 aromatic rings. The summed E-state index contributed by atoms with van der Waals surface area (Å²) in [5.74, 6) is -0.275. The van der Waals surface area contributed by atoms with E-state index >= 15 is 0 Å². The number of rotatable bonds is 66. The highest BCUT2D eigenvalue weighted by Gasteiger charge is 2.54. The van der Waals surface area contributed by atoms with Gasteiger partial charge in [-0.15, -0.1) is 0 Å². The van der Waals surface area contributed by atoms with Crippen molar-refractivity contribution in [2.45, 2.75) is 426 Å². The van der Waals surface area contributed by atoms with E-state index in [1.807, 2.05) is 6.08 Å². The van der Waals surface area contributed by atoms with Crippen molar-refractivity contribution in [3.05, 3.63) is 72.9 Å². The summed E-state index contributed by atoms with van der Waals surface area (Å²) >= 11 is 0. The lowest BCUT2D eigenvalue weighted by molar-refractivity contribution is -0.379. The number of hydrogen-bond acceptors (Lipinski definition) is 18. The van der Waals surface area contributed by atoms with Crippen molar-refractivity contribution in [3.63, 3.8) is 0 Å². The summed E-state index contributed by atoms with van der Waals surface area (Å²) in [5, 5.41) is 121. The van der Waals surface area contributed by atoms with Crippen LogP contribution >= 0.6 is 0 Å². The maximum atomic E-state index is 13.5. The summed E-state index contributed by atoms with van der Waals surface area (Å²) < 4.78 is 34.5. The van der Waals surface area contributed by atoms with Gasteiger partial charge in [0.2, 0.25) is 5.91 Å². The third-order valence-electron chi connectivity index (χ3n) is 20.5. The predicted octanol–water partition coefficient (Wildman–Crippen LogP) is 14.4. The number of carbonyl (C=O) groups is 1. The van der Waals surface area contributed by atoms with Gasteiger partial charge in [0.15, 0.2) is 18.9 Å². The Morgan fingerprint density at radius 2 is 0.670 bits per heavy atom. The highest BCUT2D eigenvalue weighted by atomic mass is 16.8. The fourth-order valence-electron chi connectivity index (χ4n) is 13.9. The van der Waals surface area contributed by atoms with Crippen molar-refractivity contribution in [3.8, 4) is 0 Å². The van der Waals surface area contributed by atoms with Crippen LogP contribution < -0.4 is 5.32 Å². The molecule has 0 aliphatic carbocycles. The Kier molecular flexibility index (Phi) is 58.8. The minimum atomic E-state index is -1.98. The zero-order chi connectivity index (χ0) is 74.6. The second kappa shape index (κ2) is 64.1. The van der Waals surface area contributed by atoms with E-state index in [-0.39, 0.29) is 18.9 Å². The average Bonchev–Trinajstić information content (AvgIpc) is 0.781. The van der Waals surface area contributed by atoms with Gasteiger partial charge in [0, 0.05) is 6.42 Å². The number of nitrogens with one attached hydrogen (secondary N) is 1. The zero-order valence-corrected chi connectivity index (χ0v) is 64.3. The third kappa shape index (κ3) is 43.9. The number of hydrogen-bond donors (Lipinski definition) is 12. The van der Waals surface area contributed by atoms with E-state index in [1.54, 1.807) is 6.08 Å². The van der Waals surface area contributed by atoms with Gasteiger partial charge in [-0.1, -0.05) is 324 Å². The standard InChI is InChI=1S/C84H151NO18/c1-3-5-7-9-11-13-15-17-19-21-23-25-27-29-31-33-35-37-39-41-43-45-47-49-51-53-55-57-59-61-68(89)67(85-72(90)62-60-58-56-54-52-50-48-46-44-42-40-38-36-34-32-30-28-26-24-22-20-18-16-14-12-10-8-6-4-2)66-98-82-78(96)75(93)80(70(64-87)100-82)103-84-79(97)76(94)81(71(65-88)101-84)102-83-77(95)74(92)73(91)69(63-86)99-83/h6,8,12,14,18,20,24,26,30,32,59,61,67-71,73-84,86-89,91-97H,3-5,7,9-11,13,15-17,19,21-23,25,27-29,31,33-58,60,62-66H2,1-2H3,(H,85,90)/b8-6-,14-12-,20-18-,26-24-,32-30-,61-59+. The topological polar surface area (TPSA) is 307 Å². The van der Waals surface area contributed by atoms with Gasteiger partial charge in [-0.2, -0.15) is 0 Å². The summed E-state index contributed by atoms with van der Waals surface area (Å²) in [6, 6.07) is -0.979. The van der Waals surface area contributed by atoms with E-state index in [0.717, 1.165) is 83.5 Å². The molecule has 19 nitrogen and oxygen atoms in total. The van der Waals surface area contributed by atoms with Gasteiger partial charge in [-0.05, 0) is 64.2 Å². The summed E-state index contributed by atoms with van der Waals surface area (Å²) in [4.78, 5) is 13.5. The summed E-state index contributed by atoms with van der Waals surface area (Å²) in [6.07, 6.45) is 57.4. The lowest BCUT2D eigenvalue weighted by Crippen LogP contribution is -2.66. The molecule has 0 bridgehead atoms. The molecule has 3 rings (SSSR count). The number of aliphatic hydroxyl groups excluding tert-OH is 11. The molecule has 103 heavy (non-hydrogen) atoms. The molecule has 0 aromatic carbocycles. The first-order valence-corrected chi connectivity index (χ1v) is 41.7. The maximum Gasteiger partial charge on any atom is 0.220 e. The van der Waals surface area contributed by atoms with Crippen molar-refractivity contribution < 1.29 is 89.4 Å². The zero-order valence-electron chi connectivity index (χ0n) is 64.3. The molecule has 3 saturated heterocycles. The van der Waals surface area contributed by atoms with Crippen LogP contribution in [0.15, 0.2) is 72.9 Å². The van der Waals surface area contributed by atoms with Gasteiger partial charge in [0.1, 0.15) is 73.2 Å². The molecule has 12 N–H and O–H groups in total. The van der Waals surface area contributed by atoms with E-state index < -0.39 is 124 Å². The molecule has 0 spiro atoms. The lowest BCUT2D eigenvalue weighted by atomic mass is 9.96. The van der Waals surface area contributed by atoms with Crippen molar-refractivity contribution in [1.82, 2.24) is 5.32 Å².